The third-order valence-electron chi connectivity index (χ3n) is 3.98. The highest BCUT2D eigenvalue weighted by Crippen LogP contribution is 2.60. The number of halogens is 3. The molecule has 1 atom stereocenters. The fraction of sp³-hybridized carbons (Fsp3) is 0.571. The van der Waals surface area contributed by atoms with Crippen LogP contribution >= 0.6 is 7.60 Å². The van der Waals surface area contributed by atoms with E-state index in [1.165, 1.54) is 12.1 Å². The molecule has 0 aromatic heterocycles. The Morgan fingerprint density at radius 2 is 1.67 bits per heavy atom. The molecule has 7 heteroatoms. The summed E-state index contributed by atoms with van der Waals surface area (Å²) in [4.78, 5) is 18.4. The van der Waals surface area contributed by atoms with Crippen LogP contribution < -0.4 is 0 Å². The van der Waals surface area contributed by atoms with Crippen LogP contribution in [-0.4, -0.2) is 16.0 Å². The van der Waals surface area contributed by atoms with E-state index in [1.54, 1.807) is 12.1 Å². The molecule has 3 nitrogen and oxygen atoms in total. The van der Waals surface area contributed by atoms with Crippen LogP contribution in [0.25, 0.3) is 0 Å². The molecule has 0 radical (unpaired) electrons. The predicted octanol–water partition coefficient (Wildman–Crippen LogP) is 4.52. The molecular formula is C14H18F3O3P. The van der Waals surface area contributed by atoms with E-state index in [1.807, 2.05) is 0 Å². The molecule has 1 aliphatic rings. The first-order valence-corrected chi connectivity index (χ1v) is 8.60. The van der Waals surface area contributed by atoms with Crippen LogP contribution in [0.3, 0.4) is 0 Å². The molecule has 0 spiro atoms. The van der Waals surface area contributed by atoms with E-state index >= 15 is 0 Å². The second-order valence-electron chi connectivity index (χ2n) is 5.50. The van der Waals surface area contributed by atoms with Crippen molar-refractivity contribution >= 4 is 7.60 Å². The first-order valence-electron chi connectivity index (χ1n) is 6.92. The molecule has 0 heterocycles. The summed E-state index contributed by atoms with van der Waals surface area (Å²) >= 11 is 0. The maximum absolute atomic E-state index is 13.2. The predicted molar refractivity (Wildman–Crippen MR) is 73.1 cm³/mol. The number of hydrogen-bond donors (Lipinski definition) is 2. The topological polar surface area (TPSA) is 57.5 Å². The molecule has 0 bridgehead atoms. The van der Waals surface area contributed by atoms with Crippen molar-refractivity contribution in [2.24, 2.45) is 0 Å². The van der Waals surface area contributed by atoms with Crippen molar-refractivity contribution in [2.75, 3.05) is 0 Å². The number of alkyl halides is 3. The molecule has 2 rings (SSSR count). The average molecular weight is 322 g/mol. The highest BCUT2D eigenvalue weighted by molar-refractivity contribution is 7.52. The van der Waals surface area contributed by atoms with Gasteiger partial charge in [-0.3, -0.25) is 4.57 Å². The van der Waals surface area contributed by atoms with Crippen molar-refractivity contribution < 1.29 is 27.5 Å². The Bertz CT molecular complexity index is 533. The van der Waals surface area contributed by atoms with Gasteiger partial charge in [0.2, 0.25) is 0 Å². The van der Waals surface area contributed by atoms with E-state index in [0.717, 1.165) is 32.1 Å². The molecule has 118 valence electrons. The molecule has 21 heavy (non-hydrogen) atoms. The Hall–Kier alpha value is -0.840. The summed E-state index contributed by atoms with van der Waals surface area (Å²) in [5.74, 6) is -0.0497. The van der Waals surface area contributed by atoms with Crippen LogP contribution in [0.4, 0.5) is 13.2 Å². The van der Waals surface area contributed by atoms with Gasteiger partial charge in [-0.25, -0.2) is 0 Å². The Morgan fingerprint density at radius 3 is 2.19 bits per heavy atom. The zero-order chi connectivity index (χ0) is 15.7. The van der Waals surface area contributed by atoms with Crippen molar-refractivity contribution in [1.29, 1.82) is 0 Å². The lowest BCUT2D eigenvalue weighted by Gasteiger charge is -2.29. The zero-order valence-corrected chi connectivity index (χ0v) is 12.3. The van der Waals surface area contributed by atoms with Crippen molar-refractivity contribution in [3.63, 3.8) is 0 Å². The summed E-state index contributed by atoms with van der Waals surface area (Å²) in [7, 11) is -5.32. The van der Waals surface area contributed by atoms with E-state index < -0.39 is 19.4 Å². The van der Waals surface area contributed by atoms with Gasteiger partial charge in [0.25, 0.3) is 0 Å². The smallest absolute Gasteiger partial charge is 0.324 e. The molecule has 1 unspecified atom stereocenters. The average Bonchev–Trinajstić information content (AvgIpc) is 2.37. The Morgan fingerprint density at radius 1 is 1.10 bits per heavy atom. The van der Waals surface area contributed by atoms with Crippen LogP contribution in [0.5, 0.6) is 0 Å². The standard InChI is InChI=1S/C14H18F3O3P/c15-14(16,17)13(21(18,19)20)12-9-5-4-8-11(12)10-6-2-1-3-7-10/h4-5,8-10,13H,1-3,6-7H2,(H2,18,19,20). The largest absolute Gasteiger partial charge is 0.407 e. The van der Waals surface area contributed by atoms with E-state index in [0.29, 0.717) is 5.56 Å². The third kappa shape index (κ3) is 3.87. The summed E-state index contributed by atoms with van der Waals surface area (Å²) < 4.78 is 50.9. The summed E-state index contributed by atoms with van der Waals surface area (Å²) in [5.41, 5.74) is -2.57. The maximum atomic E-state index is 13.2. The summed E-state index contributed by atoms with van der Waals surface area (Å²) in [6.45, 7) is 0. The third-order valence-corrected chi connectivity index (χ3v) is 5.23. The van der Waals surface area contributed by atoms with Crippen LogP contribution in [-0.2, 0) is 4.57 Å². The van der Waals surface area contributed by atoms with Gasteiger partial charge in [-0.05, 0) is 29.9 Å². The number of benzene rings is 1. The monoisotopic (exact) mass is 322 g/mol. The first kappa shape index (κ1) is 16.5. The normalized spacial score (nSPS) is 19.5. The molecule has 1 saturated carbocycles. The molecule has 0 amide bonds. The van der Waals surface area contributed by atoms with Gasteiger partial charge in [-0.1, -0.05) is 43.5 Å². The van der Waals surface area contributed by atoms with Gasteiger partial charge >= 0.3 is 13.8 Å². The lowest BCUT2D eigenvalue weighted by molar-refractivity contribution is -0.135. The number of hydrogen-bond acceptors (Lipinski definition) is 1. The van der Waals surface area contributed by atoms with Crippen molar-refractivity contribution in [2.45, 2.75) is 49.9 Å². The molecule has 1 aromatic rings. The van der Waals surface area contributed by atoms with Gasteiger partial charge in [-0.2, -0.15) is 13.2 Å². The van der Waals surface area contributed by atoms with Gasteiger partial charge < -0.3 is 9.79 Å². The van der Waals surface area contributed by atoms with Gasteiger partial charge in [0.05, 0.1) is 0 Å². The first-order chi connectivity index (χ1) is 9.71. The second-order valence-corrected chi connectivity index (χ2v) is 7.19. The van der Waals surface area contributed by atoms with E-state index in [4.69, 9.17) is 0 Å². The fourth-order valence-corrected chi connectivity index (χ4v) is 4.07. The van der Waals surface area contributed by atoms with E-state index in [2.05, 4.69) is 0 Å². The Labute approximate surface area is 121 Å². The molecule has 1 fully saturated rings. The molecule has 1 aliphatic carbocycles. The highest BCUT2D eigenvalue weighted by Gasteiger charge is 2.52. The molecule has 1 aromatic carbocycles. The SMILES string of the molecule is O=P(O)(O)C(c1ccccc1C1CCCCC1)C(F)(F)F. The van der Waals surface area contributed by atoms with Crippen LogP contribution in [0.1, 0.15) is 54.8 Å². The lowest BCUT2D eigenvalue weighted by atomic mass is 9.81. The Balaban J connectivity index is 2.48. The molecule has 0 aliphatic heterocycles. The minimum atomic E-state index is -5.32. The summed E-state index contributed by atoms with van der Waals surface area (Å²) in [6, 6.07) is 5.79. The van der Waals surface area contributed by atoms with Crippen LogP contribution in [0.15, 0.2) is 24.3 Å². The van der Waals surface area contributed by atoms with Gasteiger partial charge in [0.1, 0.15) is 0 Å². The summed E-state index contributed by atoms with van der Waals surface area (Å²) in [5, 5.41) is 0. The van der Waals surface area contributed by atoms with Gasteiger partial charge in [0.15, 0.2) is 5.66 Å². The lowest BCUT2D eigenvalue weighted by Crippen LogP contribution is -2.23. The van der Waals surface area contributed by atoms with Crippen LogP contribution in [0, 0.1) is 0 Å². The highest BCUT2D eigenvalue weighted by atomic mass is 31.2. The van der Waals surface area contributed by atoms with E-state index in [9.17, 15) is 27.5 Å². The van der Waals surface area contributed by atoms with E-state index in [-0.39, 0.29) is 11.5 Å². The van der Waals surface area contributed by atoms with Gasteiger partial charge in [-0.15, -0.1) is 0 Å². The molecule has 2 N–H and O–H groups in total. The minimum absolute atomic E-state index is 0.0497. The number of rotatable bonds is 3. The zero-order valence-electron chi connectivity index (χ0n) is 11.4. The van der Waals surface area contributed by atoms with Crippen molar-refractivity contribution in [1.82, 2.24) is 0 Å². The van der Waals surface area contributed by atoms with Crippen LogP contribution in [0.2, 0.25) is 0 Å². The molecular weight excluding hydrogens is 304 g/mol. The van der Waals surface area contributed by atoms with Gasteiger partial charge in [0, 0.05) is 0 Å². The second kappa shape index (κ2) is 6.11. The van der Waals surface area contributed by atoms with Crippen molar-refractivity contribution in [3.05, 3.63) is 35.4 Å². The minimum Gasteiger partial charge on any atom is -0.324 e. The Kier molecular flexibility index (Phi) is 4.81. The summed E-state index contributed by atoms with van der Waals surface area (Å²) in [6.07, 6.45) is -0.508. The fourth-order valence-electron chi connectivity index (χ4n) is 3.09. The molecule has 0 saturated heterocycles. The quantitative estimate of drug-likeness (QED) is 0.805. The maximum Gasteiger partial charge on any atom is 0.407 e. The van der Waals surface area contributed by atoms with Crippen molar-refractivity contribution in [3.8, 4) is 0 Å².